The third-order valence-electron chi connectivity index (χ3n) is 5.19. The number of aromatic amines is 1. The van der Waals surface area contributed by atoms with E-state index in [4.69, 9.17) is 4.42 Å². The number of rotatable bonds is 9. The van der Waals surface area contributed by atoms with E-state index in [9.17, 15) is 18.8 Å². The molecule has 0 fully saturated rings. The molecule has 0 spiro atoms. The van der Waals surface area contributed by atoms with Gasteiger partial charge in [0, 0.05) is 18.7 Å². The molecule has 4 aromatic rings. The van der Waals surface area contributed by atoms with Crippen LogP contribution in [-0.2, 0) is 10.0 Å². The molecule has 0 aliphatic heterocycles. The number of fused-ring (bicyclic) bond motifs is 1. The molecule has 4 rings (SSSR count). The number of hydrogen-bond donors (Lipinski definition) is 2. The Hall–Kier alpha value is -3.66. The highest BCUT2D eigenvalue weighted by Gasteiger charge is 2.23. The molecule has 0 saturated carbocycles. The maximum atomic E-state index is 12.8. The molecule has 0 saturated heterocycles. The highest BCUT2D eigenvalue weighted by molar-refractivity contribution is 7.99. The van der Waals surface area contributed by atoms with Crippen LogP contribution in [0.15, 0.2) is 68.8 Å². The number of nitriles is 1. The number of thioether (sulfide) groups is 1. The highest BCUT2D eigenvalue weighted by atomic mass is 32.2. The maximum absolute atomic E-state index is 12.8. The van der Waals surface area contributed by atoms with Crippen molar-refractivity contribution >= 4 is 38.4 Å². The zero-order valence-corrected chi connectivity index (χ0v) is 20.6. The van der Waals surface area contributed by atoms with Crippen molar-refractivity contribution in [1.29, 1.82) is 5.26 Å². The van der Waals surface area contributed by atoms with E-state index < -0.39 is 10.0 Å². The fourth-order valence-electron chi connectivity index (χ4n) is 3.41. The van der Waals surface area contributed by atoms with Gasteiger partial charge in [0.1, 0.15) is 17.4 Å². The van der Waals surface area contributed by atoms with Gasteiger partial charge in [-0.2, -0.15) is 9.57 Å². The molecule has 0 aliphatic rings. The number of allylic oxidation sites excluding steroid dienone is 1. The van der Waals surface area contributed by atoms with Crippen LogP contribution in [-0.4, -0.2) is 56.8 Å². The van der Waals surface area contributed by atoms with Gasteiger partial charge in [0.15, 0.2) is 5.82 Å². The molecule has 0 unspecified atom stereocenters. The first kappa shape index (κ1) is 24.5. The zero-order chi connectivity index (χ0) is 25.0. The van der Waals surface area contributed by atoms with Gasteiger partial charge >= 0.3 is 0 Å². The molecule has 0 atom stereocenters. The van der Waals surface area contributed by atoms with Crippen LogP contribution >= 0.6 is 11.8 Å². The number of H-pyrrole nitrogens is 1. The summed E-state index contributed by atoms with van der Waals surface area (Å²) in [6.45, 7) is 4.28. The molecular weight excluding hydrogens is 488 g/mol. The van der Waals surface area contributed by atoms with Crippen molar-refractivity contribution in [3.8, 4) is 17.5 Å². The van der Waals surface area contributed by atoms with Gasteiger partial charge in [-0.15, -0.1) is 10.2 Å². The van der Waals surface area contributed by atoms with Gasteiger partial charge in [0.25, 0.3) is 5.22 Å². The summed E-state index contributed by atoms with van der Waals surface area (Å²) in [7, 11) is -3.64. The van der Waals surface area contributed by atoms with Crippen molar-refractivity contribution < 1.29 is 17.9 Å². The number of benzene rings is 2. The standard InChI is InChI=1S/C23H22N6O4S2/c1-3-29(4-2)35(31,32)16-9-7-8-15(12-16)22-27-28-23(33-22)34-14-20(30)17(13-24)21-25-18-10-5-6-11-19(18)26-21/h5-12,30H,3-4,14H2,1-2H3,(H,25,26)/b20-17-. The zero-order valence-electron chi connectivity index (χ0n) is 19.0. The van der Waals surface area contributed by atoms with Gasteiger partial charge in [-0.05, 0) is 30.3 Å². The number of para-hydroxylation sites is 2. The van der Waals surface area contributed by atoms with Crippen LogP contribution in [0.1, 0.15) is 19.7 Å². The topological polar surface area (TPSA) is 149 Å². The quantitative estimate of drug-likeness (QED) is 0.192. The Bertz CT molecular complexity index is 1500. The lowest BCUT2D eigenvalue weighted by Gasteiger charge is -2.18. The smallest absolute Gasteiger partial charge is 0.277 e. The predicted molar refractivity (Wildman–Crippen MR) is 132 cm³/mol. The number of sulfonamides is 1. The molecule has 2 heterocycles. The number of aliphatic hydroxyl groups is 1. The maximum Gasteiger partial charge on any atom is 0.277 e. The van der Waals surface area contributed by atoms with Crippen LogP contribution in [0.3, 0.4) is 0 Å². The van der Waals surface area contributed by atoms with E-state index in [1.54, 1.807) is 32.0 Å². The third-order valence-corrected chi connectivity index (χ3v) is 8.07. The number of nitrogens with one attached hydrogen (secondary N) is 1. The van der Waals surface area contributed by atoms with Crippen molar-refractivity contribution in [2.45, 2.75) is 24.0 Å². The Kier molecular flexibility index (Phi) is 7.20. The molecule has 180 valence electrons. The van der Waals surface area contributed by atoms with Gasteiger partial charge in [-0.1, -0.05) is 43.8 Å². The van der Waals surface area contributed by atoms with Crippen molar-refractivity contribution in [1.82, 2.24) is 24.5 Å². The van der Waals surface area contributed by atoms with Crippen LogP contribution in [0.25, 0.3) is 28.1 Å². The minimum Gasteiger partial charge on any atom is -0.510 e. The van der Waals surface area contributed by atoms with Crippen LogP contribution in [0.5, 0.6) is 0 Å². The molecule has 0 bridgehead atoms. The van der Waals surface area contributed by atoms with E-state index in [2.05, 4.69) is 20.2 Å². The van der Waals surface area contributed by atoms with E-state index in [1.807, 2.05) is 24.3 Å². The fourth-order valence-corrected chi connectivity index (χ4v) is 5.56. The van der Waals surface area contributed by atoms with Crippen LogP contribution in [0.4, 0.5) is 0 Å². The summed E-state index contributed by atoms with van der Waals surface area (Å²) in [5, 5.41) is 28.2. The lowest BCUT2D eigenvalue weighted by Crippen LogP contribution is -2.30. The van der Waals surface area contributed by atoms with Crippen molar-refractivity contribution in [3.05, 3.63) is 60.1 Å². The SMILES string of the molecule is CCN(CC)S(=O)(=O)c1cccc(-c2nnc(SC/C(O)=C(\C#N)c3nc4ccccc4[nH]3)o2)c1. The summed E-state index contributed by atoms with van der Waals surface area (Å²) in [6.07, 6.45) is 0. The average molecular weight is 511 g/mol. The molecule has 10 nitrogen and oxygen atoms in total. The van der Waals surface area contributed by atoms with E-state index in [-0.39, 0.29) is 38.9 Å². The van der Waals surface area contributed by atoms with Crippen molar-refractivity contribution in [2.75, 3.05) is 18.8 Å². The Morgan fingerprint density at radius 2 is 1.94 bits per heavy atom. The number of aliphatic hydroxyl groups excluding tert-OH is 1. The minimum absolute atomic E-state index is 0.00203. The second-order valence-electron chi connectivity index (χ2n) is 7.32. The van der Waals surface area contributed by atoms with Crippen LogP contribution < -0.4 is 0 Å². The first-order valence-electron chi connectivity index (χ1n) is 10.7. The molecule has 2 aromatic heterocycles. The predicted octanol–water partition coefficient (Wildman–Crippen LogP) is 4.23. The lowest BCUT2D eigenvalue weighted by atomic mass is 10.2. The molecule has 2 aromatic carbocycles. The number of aromatic nitrogens is 4. The minimum atomic E-state index is -3.64. The molecule has 0 radical (unpaired) electrons. The van der Waals surface area contributed by atoms with Gasteiger partial charge in [0.05, 0.1) is 21.7 Å². The first-order valence-corrected chi connectivity index (χ1v) is 13.1. The molecule has 0 aliphatic carbocycles. The molecule has 35 heavy (non-hydrogen) atoms. The van der Waals surface area contributed by atoms with Crippen molar-refractivity contribution in [2.24, 2.45) is 0 Å². The molecule has 0 amide bonds. The monoisotopic (exact) mass is 510 g/mol. The van der Waals surface area contributed by atoms with E-state index in [0.717, 1.165) is 17.3 Å². The van der Waals surface area contributed by atoms with Crippen LogP contribution in [0.2, 0.25) is 0 Å². The van der Waals surface area contributed by atoms with Crippen molar-refractivity contribution in [3.63, 3.8) is 0 Å². The summed E-state index contributed by atoms with van der Waals surface area (Å²) in [5.41, 5.74) is 1.91. The van der Waals surface area contributed by atoms with Gasteiger partial charge in [-0.25, -0.2) is 13.4 Å². The van der Waals surface area contributed by atoms with Crippen LogP contribution in [0, 0.1) is 11.3 Å². The number of imidazole rings is 1. The molecule has 12 heteroatoms. The largest absolute Gasteiger partial charge is 0.510 e. The van der Waals surface area contributed by atoms with E-state index >= 15 is 0 Å². The number of hydrogen-bond acceptors (Lipinski definition) is 9. The van der Waals surface area contributed by atoms with Gasteiger partial charge < -0.3 is 14.5 Å². The van der Waals surface area contributed by atoms with E-state index in [0.29, 0.717) is 24.2 Å². The molecular formula is C23H22N6O4S2. The summed E-state index contributed by atoms with van der Waals surface area (Å²) < 4.78 is 32.7. The number of nitrogens with zero attached hydrogens (tertiary/aromatic N) is 5. The average Bonchev–Trinajstić information content (AvgIpc) is 3.51. The van der Waals surface area contributed by atoms with E-state index in [1.165, 1.54) is 16.4 Å². The second kappa shape index (κ2) is 10.3. The first-order chi connectivity index (χ1) is 16.9. The Morgan fingerprint density at radius 3 is 2.66 bits per heavy atom. The molecule has 2 N–H and O–H groups in total. The summed E-state index contributed by atoms with van der Waals surface area (Å²) in [6, 6.07) is 15.6. The third kappa shape index (κ3) is 5.07. The van der Waals surface area contributed by atoms with Gasteiger partial charge in [-0.3, -0.25) is 0 Å². The summed E-state index contributed by atoms with van der Waals surface area (Å²) >= 11 is 1.04. The Labute approximate surface area is 206 Å². The normalized spacial score (nSPS) is 12.6. The van der Waals surface area contributed by atoms with Gasteiger partial charge in [0.2, 0.25) is 15.9 Å². The summed E-state index contributed by atoms with van der Waals surface area (Å²) in [4.78, 5) is 7.50. The second-order valence-corrected chi connectivity index (χ2v) is 10.2. The Morgan fingerprint density at radius 1 is 1.17 bits per heavy atom. The fraction of sp³-hybridized carbons (Fsp3) is 0.217. The Balaban J connectivity index is 1.52. The lowest BCUT2D eigenvalue weighted by molar-refractivity contribution is 0.418. The highest BCUT2D eigenvalue weighted by Crippen LogP contribution is 2.28. The summed E-state index contributed by atoms with van der Waals surface area (Å²) in [5.74, 6) is 0.219.